The molecule has 1 aliphatic heterocycles. The molecule has 2 aliphatic carbocycles. The minimum absolute atomic E-state index is 0.216. The van der Waals surface area contributed by atoms with E-state index in [1.807, 2.05) is 0 Å². The summed E-state index contributed by atoms with van der Waals surface area (Å²) >= 11 is 0. The second-order valence-electron chi connectivity index (χ2n) is 4.67. The standard InChI is InChI=1S/C10H14BN2O/c11-9-6-4-12-13-7-3-1-2-5(8(6)7)10(9)14/h5-8,12-13H,1-4H2. The van der Waals surface area contributed by atoms with Crippen molar-refractivity contribution in [3.05, 3.63) is 0 Å². The van der Waals surface area contributed by atoms with Crippen LogP contribution in [0.2, 0.25) is 0 Å². The molecule has 0 aromatic carbocycles. The molecule has 4 unspecified atom stereocenters. The van der Waals surface area contributed by atoms with Crippen LogP contribution in [-0.2, 0) is 4.79 Å². The summed E-state index contributed by atoms with van der Waals surface area (Å²) in [5, 5.41) is 0. The maximum absolute atomic E-state index is 11.9. The Morgan fingerprint density at radius 1 is 1.29 bits per heavy atom. The molecule has 2 N–H and O–H groups in total. The first-order valence-electron chi connectivity index (χ1n) is 5.44. The SMILES string of the molecule is [B]=C1C(=O)C2CCCC3NNCC1C32. The summed E-state index contributed by atoms with van der Waals surface area (Å²) in [6, 6.07) is 0.456. The molecule has 1 saturated heterocycles. The van der Waals surface area contributed by atoms with E-state index in [0.717, 1.165) is 19.4 Å². The molecule has 0 amide bonds. The van der Waals surface area contributed by atoms with Gasteiger partial charge in [0.1, 0.15) is 0 Å². The monoisotopic (exact) mass is 189 g/mol. The van der Waals surface area contributed by atoms with E-state index in [-0.39, 0.29) is 11.7 Å². The second-order valence-corrected chi connectivity index (χ2v) is 4.67. The van der Waals surface area contributed by atoms with Gasteiger partial charge >= 0.3 is 84.0 Å². The normalized spacial score (nSPS) is 46.5. The fraction of sp³-hybridized carbons (Fsp3) is 0.800. The zero-order valence-corrected chi connectivity index (χ0v) is 8.12. The van der Waals surface area contributed by atoms with Crippen LogP contribution in [-0.4, -0.2) is 31.3 Å². The van der Waals surface area contributed by atoms with Crippen molar-refractivity contribution in [3.63, 3.8) is 0 Å². The Bertz CT molecular complexity index is 276. The molecule has 0 spiro atoms. The van der Waals surface area contributed by atoms with Gasteiger partial charge in [-0.15, -0.1) is 0 Å². The molecule has 3 fully saturated rings. The van der Waals surface area contributed by atoms with Gasteiger partial charge in [-0.2, -0.15) is 0 Å². The van der Waals surface area contributed by atoms with Gasteiger partial charge < -0.3 is 0 Å². The van der Waals surface area contributed by atoms with Crippen LogP contribution in [0.15, 0.2) is 0 Å². The van der Waals surface area contributed by atoms with Crippen molar-refractivity contribution >= 4 is 18.7 Å². The van der Waals surface area contributed by atoms with Crippen LogP contribution < -0.4 is 10.9 Å². The van der Waals surface area contributed by atoms with Crippen LogP contribution in [0.25, 0.3) is 0 Å². The molecule has 14 heavy (non-hydrogen) atoms. The Morgan fingerprint density at radius 2 is 2.14 bits per heavy atom. The minimum atomic E-state index is 0.216. The Kier molecular flexibility index (Phi) is 1.89. The van der Waals surface area contributed by atoms with Gasteiger partial charge in [0.05, 0.1) is 0 Å². The van der Waals surface area contributed by atoms with Gasteiger partial charge in [-0.05, 0) is 0 Å². The van der Waals surface area contributed by atoms with E-state index in [1.54, 1.807) is 0 Å². The van der Waals surface area contributed by atoms with Gasteiger partial charge in [0.25, 0.3) is 0 Å². The molecular formula is C10H14BN2O. The first-order chi connectivity index (χ1) is 6.79. The van der Waals surface area contributed by atoms with E-state index in [2.05, 4.69) is 10.9 Å². The van der Waals surface area contributed by atoms with Gasteiger partial charge in [0, 0.05) is 0 Å². The van der Waals surface area contributed by atoms with Gasteiger partial charge in [-0.25, -0.2) is 0 Å². The molecule has 73 valence electrons. The zero-order chi connectivity index (χ0) is 9.71. The van der Waals surface area contributed by atoms with Crippen LogP contribution in [0.5, 0.6) is 0 Å². The quantitative estimate of drug-likeness (QED) is 0.501. The van der Waals surface area contributed by atoms with Crippen LogP contribution in [0.1, 0.15) is 19.3 Å². The number of ketones is 1. The molecule has 0 aromatic rings. The van der Waals surface area contributed by atoms with Gasteiger partial charge in [0.2, 0.25) is 0 Å². The molecule has 3 aliphatic rings. The van der Waals surface area contributed by atoms with E-state index in [1.165, 1.54) is 6.42 Å². The third-order valence-electron chi connectivity index (χ3n) is 4.05. The van der Waals surface area contributed by atoms with Crippen molar-refractivity contribution in [2.75, 3.05) is 6.54 Å². The predicted molar refractivity (Wildman–Crippen MR) is 55.0 cm³/mol. The molecule has 0 aromatic heterocycles. The van der Waals surface area contributed by atoms with Crippen molar-refractivity contribution in [2.45, 2.75) is 25.3 Å². The number of hydrazine groups is 1. The molecule has 4 heteroatoms. The first-order valence-corrected chi connectivity index (χ1v) is 5.44. The van der Waals surface area contributed by atoms with Crippen LogP contribution in [0.3, 0.4) is 0 Å². The topological polar surface area (TPSA) is 41.1 Å². The number of carbonyl (C=O) groups excluding carboxylic acids is 1. The molecule has 0 bridgehead atoms. The van der Waals surface area contributed by atoms with Crippen LogP contribution >= 0.6 is 0 Å². The molecular weight excluding hydrogens is 175 g/mol. The van der Waals surface area contributed by atoms with Crippen molar-refractivity contribution in [1.29, 1.82) is 0 Å². The number of rotatable bonds is 0. The first kappa shape index (κ1) is 8.80. The summed E-state index contributed by atoms with van der Waals surface area (Å²) in [6.07, 6.45) is 3.36. The zero-order valence-electron chi connectivity index (χ0n) is 8.12. The molecule has 4 atom stereocenters. The summed E-state index contributed by atoms with van der Waals surface area (Å²) in [4.78, 5) is 11.9. The summed E-state index contributed by atoms with van der Waals surface area (Å²) in [5.41, 5.74) is 7.08. The second kappa shape index (κ2) is 3.01. The van der Waals surface area contributed by atoms with E-state index in [0.29, 0.717) is 23.3 Å². The van der Waals surface area contributed by atoms with Crippen LogP contribution in [0, 0.1) is 17.8 Å². The number of nitrogens with one attached hydrogen (secondary N) is 2. The van der Waals surface area contributed by atoms with E-state index < -0.39 is 0 Å². The molecule has 1 heterocycles. The Labute approximate surface area is 84.7 Å². The predicted octanol–water partition coefficient (Wildman–Crippen LogP) is -0.581. The maximum atomic E-state index is 11.9. The molecule has 1 radical (unpaired) electrons. The average molecular weight is 189 g/mol. The number of hydrogen-bond donors (Lipinski definition) is 2. The summed E-state index contributed by atoms with van der Waals surface area (Å²) in [6.45, 7) is 0.815. The van der Waals surface area contributed by atoms with Crippen molar-refractivity contribution in [3.8, 4) is 0 Å². The van der Waals surface area contributed by atoms with Gasteiger partial charge in [-0.1, -0.05) is 0 Å². The fourth-order valence-electron chi connectivity index (χ4n) is 3.41. The van der Waals surface area contributed by atoms with Crippen molar-refractivity contribution in [1.82, 2.24) is 10.9 Å². The summed E-state index contributed by atoms with van der Waals surface area (Å²) in [5.74, 6) is 1.21. The van der Waals surface area contributed by atoms with E-state index in [4.69, 9.17) is 7.49 Å². The van der Waals surface area contributed by atoms with Gasteiger partial charge in [-0.3, -0.25) is 0 Å². The van der Waals surface area contributed by atoms with Crippen molar-refractivity contribution in [2.24, 2.45) is 17.8 Å². The molecule has 3 nitrogen and oxygen atoms in total. The third kappa shape index (κ3) is 1.01. The summed E-state index contributed by atoms with van der Waals surface area (Å²) < 4.78 is 0. The van der Waals surface area contributed by atoms with Gasteiger partial charge in [0.15, 0.2) is 0 Å². The van der Waals surface area contributed by atoms with Crippen molar-refractivity contribution < 1.29 is 4.79 Å². The molecule has 2 saturated carbocycles. The number of Topliss-reactive ketones (excluding diaryl/α,β-unsaturated/α-hetero) is 1. The number of hydrogen-bond acceptors (Lipinski definition) is 3. The van der Waals surface area contributed by atoms with Crippen LogP contribution in [0.4, 0.5) is 0 Å². The molecule has 3 rings (SSSR count). The van der Waals surface area contributed by atoms with E-state index >= 15 is 0 Å². The summed E-state index contributed by atoms with van der Waals surface area (Å²) in [7, 11) is 5.89. The fourth-order valence-corrected chi connectivity index (χ4v) is 3.41. The third-order valence-corrected chi connectivity index (χ3v) is 4.05. The Hall–Kier alpha value is -0.475. The Morgan fingerprint density at radius 3 is 3.00 bits per heavy atom. The Balaban J connectivity index is 1.98. The average Bonchev–Trinajstić information content (AvgIpc) is 2.47. The number of carbonyl (C=O) groups is 1. The van der Waals surface area contributed by atoms with E-state index in [9.17, 15) is 4.79 Å².